The van der Waals surface area contributed by atoms with Gasteiger partial charge in [0.1, 0.15) is 0 Å². The van der Waals surface area contributed by atoms with Gasteiger partial charge in [0.05, 0.1) is 19.3 Å². The number of nitrogens with zero attached hydrogens (tertiary/aromatic N) is 2. The highest BCUT2D eigenvalue weighted by atomic mass is 127. The Hall–Kier alpha value is -0.940. The van der Waals surface area contributed by atoms with Crippen LogP contribution >= 0.6 is 24.0 Å². The Morgan fingerprint density at radius 1 is 1.15 bits per heavy atom. The molecule has 7 nitrogen and oxygen atoms in total. The van der Waals surface area contributed by atoms with Crippen molar-refractivity contribution in [2.75, 3.05) is 53.1 Å². The molecule has 2 heterocycles. The van der Waals surface area contributed by atoms with Crippen molar-refractivity contribution in [1.29, 1.82) is 0 Å². The summed E-state index contributed by atoms with van der Waals surface area (Å²) in [7, 11) is 1.77. The summed E-state index contributed by atoms with van der Waals surface area (Å²) in [5.41, 5.74) is 2.42. The van der Waals surface area contributed by atoms with Gasteiger partial charge in [-0.3, -0.25) is 0 Å². The average Bonchev–Trinajstić information content (AvgIpc) is 2.83. The van der Waals surface area contributed by atoms with E-state index in [2.05, 4.69) is 46.7 Å². The van der Waals surface area contributed by atoms with E-state index in [0.29, 0.717) is 25.3 Å². The number of aliphatic imine (C=N–C) groups is 1. The molecule has 2 N–H and O–H groups in total. The van der Waals surface area contributed by atoms with Gasteiger partial charge in [0.25, 0.3) is 0 Å². The molecule has 0 saturated carbocycles. The van der Waals surface area contributed by atoms with Crippen molar-refractivity contribution in [2.45, 2.75) is 64.3 Å². The number of benzene rings is 1. The molecule has 1 aromatic carbocycles. The summed E-state index contributed by atoms with van der Waals surface area (Å²) in [6.45, 7) is 10.2. The van der Waals surface area contributed by atoms with Gasteiger partial charge in [-0.15, -0.1) is 24.0 Å². The normalized spacial score (nSPS) is 18.7. The van der Waals surface area contributed by atoms with Gasteiger partial charge >= 0.3 is 0 Å². The van der Waals surface area contributed by atoms with Crippen molar-refractivity contribution < 1.29 is 14.2 Å². The molecule has 3 rings (SSSR count). The first-order valence-electron chi connectivity index (χ1n) is 12.3. The van der Waals surface area contributed by atoms with Gasteiger partial charge in [-0.05, 0) is 50.2 Å². The summed E-state index contributed by atoms with van der Waals surface area (Å²) < 4.78 is 16.7. The fourth-order valence-electron chi connectivity index (χ4n) is 4.29. The lowest BCUT2D eigenvalue weighted by Gasteiger charge is -2.33. The maximum atomic E-state index is 6.08. The standard InChI is InChI=1S/C25H42N4O3.HI/c1-3-26-25(28-23-8-13-29(14-9-23)12-5-15-30-2)27-19-21-6-4-7-22(18-21)20-32-24-10-16-31-17-11-24;/h4,6-7,18,23-24H,3,5,8-17,19-20H2,1-2H3,(H2,26,27,28);1H. The second kappa shape index (κ2) is 16.6. The quantitative estimate of drug-likeness (QED) is 0.183. The van der Waals surface area contributed by atoms with Crippen molar-refractivity contribution >= 4 is 29.9 Å². The van der Waals surface area contributed by atoms with Crippen LogP contribution in [0.3, 0.4) is 0 Å². The zero-order valence-corrected chi connectivity index (χ0v) is 22.7. The molecule has 0 amide bonds. The number of methoxy groups -OCH3 is 1. The van der Waals surface area contributed by atoms with Gasteiger partial charge in [0.15, 0.2) is 5.96 Å². The van der Waals surface area contributed by atoms with Crippen LogP contribution in [-0.2, 0) is 27.4 Å². The van der Waals surface area contributed by atoms with Gasteiger partial charge in [0, 0.05) is 59.2 Å². The lowest BCUT2D eigenvalue weighted by atomic mass is 10.1. The van der Waals surface area contributed by atoms with Gasteiger partial charge in [0.2, 0.25) is 0 Å². The molecule has 0 aromatic heterocycles. The number of likely N-dealkylation sites (tertiary alicyclic amines) is 1. The summed E-state index contributed by atoms with van der Waals surface area (Å²) in [6, 6.07) is 9.07. The van der Waals surface area contributed by atoms with Crippen molar-refractivity contribution in [1.82, 2.24) is 15.5 Å². The largest absolute Gasteiger partial charge is 0.385 e. The molecule has 1 aromatic rings. The van der Waals surface area contributed by atoms with E-state index < -0.39 is 0 Å². The van der Waals surface area contributed by atoms with Crippen LogP contribution in [0.4, 0.5) is 0 Å². The maximum absolute atomic E-state index is 6.08. The van der Waals surface area contributed by atoms with E-state index in [1.165, 1.54) is 11.1 Å². The molecule has 188 valence electrons. The minimum Gasteiger partial charge on any atom is -0.385 e. The fraction of sp³-hybridized carbons (Fsp3) is 0.720. The predicted octanol–water partition coefficient (Wildman–Crippen LogP) is 3.56. The lowest BCUT2D eigenvalue weighted by Crippen LogP contribution is -2.48. The predicted molar refractivity (Wildman–Crippen MR) is 144 cm³/mol. The summed E-state index contributed by atoms with van der Waals surface area (Å²) in [4.78, 5) is 7.39. The molecule has 2 saturated heterocycles. The molecule has 0 aliphatic carbocycles. The molecule has 0 atom stereocenters. The van der Waals surface area contributed by atoms with E-state index in [1.807, 2.05) is 0 Å². The fourth-order valence-corrected chi connectivity index (χ4v) is 4.29. The molecule has 0 bridgehead atoms. The first-order valence-corrected chi connectivity index (χ1v) is 12.3. The molecule has 2 fully saturated rings. The van der Waals surface area contributed by atoms with Gasteiger partial charge < -0.3 is 29.7 Å². The van der Waals surface area contributed by atoms with E-state index in [-0.39, 0.29) is 24.0 Å². The minimum absolute atomic E-state index is 0. The van der Waals surface area contributed by atoms with E-state index in [0.717, 1.165) is 84.1 Å². The SMILES string of the molecule is CCNC(=NCc1cccc(COC2CCOCC2)c1)NC1CCN(CCCOC)CC1.I. The highest BCUT2D eigenvalue weighted by Crippen LogP contribution is 2.15. The van der Waals surface area contributed by atoms with Crippen molar-refractivity contribution in [3.05, 3.63) is 35.4 Å². The molecule has 33 heavy (non-hydrogen) atoms. The third-order valence-corrected chi connectivity index (χ3v) is 6.16. The van der Waals surface area contributed by atoms with Crippen LogP contribution in [0.15, 0.2) is 29.3 Å². The van der Waals surface area contributed by atoms with Gasteiger partial charge in [-0.2, -0.15) is 0 Å². The Kier molecular flexibility index (Phi) is 14.3. The van der Waals surface area contributed by atoms with Crippen molar-refractivity contribution in [3.63, 3.8) is 0 Å². The molecule has 0 unspecified atom stereocenters. The van der Waals surface area contributed by atoms with E-state index in [4.69, 9.17) is 19.2 Å². The summed E-state index contributed by atoms with van der Waals surface area (Å²) in [5, 5.41) is 7.06. The second-order valence-corrected chi connectivity index (χ2v) is 8.74. The highest BCUT2D eigenvalue weighted by Gasteiger charge is 2.19. The first-order chi connectivity index (χ1) is 15.8. The number of guanidine groups is 1. The zero-order chi connectivity index (χ0) is 22.4. The molecule has 2 aliphatic heterocycles. The van der Waals surface area contributed by atoms with Crippen molar-refractivity contribution in [2.24, 2.45) is 4.99 Å². The van der Waals surface area contributed by atoms with Crippen LogP contribution in [0.5, 0.6) is 0 Å². The molecule has 2 aliphatic rings. The maximum Gasteiger partial charge on any atom is 0.191 e. The lowest BCUT2D eigenvalue weighted by molar-refractivity contribution is -0.0390. The number of rotatable bonds is 11. The third-order valence-electron chi connectivity index (χ3n) is 6.16. The number of nitrogens with one attached hydrogen (secondary N) is 2. The van der Waals surface area contributed by atoms with Gasteiger partial charge in [-0.1, -0.05) is 24.3 Å². The van der Waals surface area contributed by atoms with Crippen molar-refractivity contribution in [3.8, 4) is 0 Å². The van der Waals surface area contributed by atoms with Crippen LogP contribution in [0.1, 0.15) is 50.2 Å². The molecule has 0 spiro atoms. The Bertz CT molecular complexity index is 677. The smallest absolute Gasteiger partial charge is 0.191 e. The number of ether oxygens (including phenoxy) is 3. The Balaban J connectivity index is 0.00000385. The summed E-state index contributed by atoms with van der Waals surface area (Å²) >= 11 is 0. The number of hydrogen-bond donors (Lipinski definition) is 2. The highest BCUT2D eigenvalue weighted by molar-refractivity contribution is 14.0. The minimum atomic E-state index is 0. The molecular formula is C25H43IN4O3. The third kappa shape index (κ3) is 10.9. The van der Waals surface area contributed by atoms with Crippen LogP contribution in [0, 0.1) is 0 Å². The number of hydrogen-bond acceptors (Lipinski definition) is 5. The van der Waals surface area contributed by atoms with E-state index in [1.54, 1.807) is 7.11 Å². The average molecular weight is 575 g/mol. The number of piperidine rings is 1. The van der Waals surface area contributed by atoms with Crippen LogP contribution in [-0.4, -0.2) is 76.1 Å². The van der Waals surface area contributed by atoms with E-state index >= 15 is 0 Å². The number of halogens is 1. The van der Waals surface area contributed by atoms with E-state index in [9.17, 15) is 0 Å². The monoisotopic (exact) mass is 574 g/mol. The summed E-state index contributed by atoms with van der Waals surface area (Å²) in [5.74, 6) is 0.911. The Labute approximate surface area is 217 Å². The summed E-state index contributed by atoms with van der Waals surface area (Å²) in [6.07, 6.45) is 5.72. The molecular weight excluding hydrogens is 531 g/mol. The van der Waals surface area contributed by atoms with Gasteiger partial charge in [-0.25, -0.2) is 4.99 Å². The first kappa shape index (κ1) is 28.3. The molecule has 0 radical (unpaired) electrons. The Morgan fingerprint density at radius 2 is 1.91 bits per heavy atom. The van der Waals surface area contributed by atoms with Crippen LogP contribution in [0.2, 0.25) is 0 Å². The van der Waals surface area contributed by atoms with Crippen LogP contribution < -0.4 is 10.6 Å². The zero-order valence-electron chi connectivity index (χ0n) is 20.4. The molecule has 8 heteroatoms. The Morgan fingerprint density at radius 3 is 2.64 bits per heavy atom. The topological polar surface area (TPSA) is 67.4 Å². The second-order valence-electron chi connectivity index (χ2n) is 8.74. The van der Waals surface area contributed by atoms with Crippen LogP contribution in [0.25, 0.3) is 0 Å².